The second-order valence-corrected chi connectivity index (χ2v) is 6.56. The molecule has 1 aliphatic heterocycles. The zero-order chi connectivity index (χ0) is 11.4. The fraction of sp³-hybridized carbons (Fsp3) is 0.800. The van der Waals surface area contributed by atoms with Crippen molar-refractivity contribution in [1.29, 1.82) is 0 Å². The summed E-state index contributed by atoms with van der Waals surface area (Å²) in [7, 11) is 3.97. The van der Waals surface area contributed by atoms with Crippen LogP contribution in [0.1, 0.15) is 18.3 Å². The zero-order valence-electron chi connectivity index (χ0n) is 9.85. The van der Waals surface area contributed by atoms with E-state index in [-0.39, 0.29) is 0 Å². The van der Waals surface area contributed by atoms with Crippen LogP contribution in [-0.4, -0.2) is 44.5 Å². The van der Waals surface area contributed by atoms with Crippen LogP contribution in [-0.2, 0) is 13.1 Å². The van der Waals surface area contributed by atoms with E-state index in [1.807, 2.05) is 26.3 Å². The van der Waals surface area contributed by atoms with E-state index in [1.54, 1.807) is 0 Å². The van der Waals surface area contributed by atoms with Gasteiger partial charge < -0.3 is 0 Å². The Morgan fingerprint density at radius 2 is 1.94 bits per heavy atom. The van der Waals surface area contributed by atoms with Gasteiger partial charge in [-0.2, -0.15) is 0 Å². The van der Waals surface area contributed by atoms with Gasteiger partial charge in [-0.15, -0.1) is 5.10 Å². The van der Waals surface area contributed by atoms with Gasteiger partial charge in [0.1, 0.15) is 0 Å². The predicted molar refractivity (Wildman–Crippen MR) is 70.6 cm³/mol. The second kappa shape index (κ2) is 5.93. The van der Waals surface area contributed by atoms with Gasteiger partial charge in [-0.05, 0) is 13.8 Å². The normalized spacial score (nSPS) is 18.6. The van der Waals surface area contributed by atoms with Gasteiger partial charge in [-0.25, -0.2) is 4.68 Å². The highest BCUT2D eigenvalue weighted by molar-refractivity contribution is 8.76. The SMILES string of the molecule is CCn1nnc(C)c1CN1CCSSCC1. The fourth-order valence-electron chi connectivity index (χ4n) is 1.80. The van der Waals surface area contributed by atoms with Crippen LogP contribution >= 0.6 is 21.6 Å². The molecule has 0 spiro atoms. The Kier molecular flexibility index (Phi) is 4.55. The van der Waals surface area contributed by atoms with Gasteiger partial charge >= 0.3 is 0 Å². The van der Waals surface area contributed by atoms with Crippen molar-refractivity contribution < 1.29 is 0 Å². The van der Waals surface area contributed by atoms with Crippen molar-refractivity contribution in [2.24, 2.45) is 0 Å². The Hall–Kier alpha value is -0.200. The second-order valence-electron chi connectivity index (χ2n) is 3.86. The summed E-state index contributed by atoms with van der Waals surface area (Å²) in [5.41, 5.74) is 2.35. The third kappa shape index (κ3) is 2.93. The topological polar surface area (TPSA) is 34.0 Å². The van der Waals surface area contributed by atoms with E-state index < -0.39 is 0 Å². The molecule has 0 unspecified atom stereocenters. The number of hydrogen-bond acceptors (Lipinski definition) is 5. The van der Waals surface area contributed by atoms with Gasteiger partial charge in [-0.3, -0.25) is 4.90 Å². The maximum absolute atomic E-state index is 4.15. The van der Waals surface area contributed by atoms with Crippen molar-refractivity contribution in [3.05, 3.63) is 11.4 Å². The van der Waals surface area contributed by atoms with Gasteiger partial charge in [0.2, 0.25) is 0 Å². The molecule has 2 heterocycles. The molecule has 4 nitrogen and oxygen atoms in total. The Labute approximate surface area is 105 Å². The van der Waals surface area contributed by atoms with Crippen molar-refractivity contribution >= 4 is 21.6 Å². The lowest BCUT2D eigenvalue weighted by molar-refractivity contribution is 0.291. The van der Waals surface area contributed by atoms with Crippen LogP contribution in [0, 0.1) is 6.92 Å². The molecule has 1 aromatic rings. The Morgan fingerprint density at radius 1 is 1.25 bits per heavy atom. The van der Waals surface area contributed by atoms with Crippen LogP contribution in [0.5, 0.6) is 0 Å². The Bertz CT molecular complexity index is 332. The summed E-state index contributed by atoms with van der Waals surface area (Å²) in [5.74, 6) is 2.44. The predicted octanol–water partition coefficient (Wildman–Crippen LogP) is 1.80. The van der Waals surface area contributed by atoms with Crippen LogP contribution in [0.4, 0.5) is 0 Å². The first-order valence-corrected chi connectivity index (χ1v) is 8.15. The number of hydrogen-bond donors (Lipinski definition) is 0. The quantitative estimate of drug-likeness (QED) is 0.772. The van der Waals surface area contributed by atoms with Crippen LogP contribution in [0.25, 0.3) is 0 Å². The largest absolute Gasteiger partial charge is 0.296 e. The zero-order valence-corrected chi connectivity index (χ0v) is 11.5. The van der Waals surface area contributed by atoms with E-state index in [4.69, 9.17) is 0 Å². The molecule has 1 saturated heterocycles. The summed E-state index contributed by atoms with van der Waals surface area (Å²) in [6, 6.07) is 0. The molecular formula is C10H18N4S2. The molecule has 6 heteroatoms. The average Bonchev–Trinajstić information content (AvgIpc) is 2.52. The number of aryl methyl sites for hydroxylation is 2. The molecule has 16 heavy (non-hydrogen) atoms. The first kappa shape index (κ1) is 12.3. The van der Waals surface area contributed by atoms with E-state index in [0.29, 0.717) is 0 Å². The van der Waals surface area contributed by atoms with Crippen molar-refractivity contribution in [2.45, 2.75) is 26.9 Å². The van der Waals surface area contributed by atoms with E-state index in [0.717, 1.165) is 18.8 Å². The van der Waals surface area contributed by atoms with Crippen LogP contribution in [0.15, 0.2) is 0 Å². The average molecular weight is 258 g/mol. The van der Waals surface area contributed by atoms with E-state index in [2.05, 4.69) is 29.1 Å². The maximum Gasteiger partial charge on any atom is 0.0841 e. The molecule has 0 radical (unpaired) electrons. The monoisotopic (exact) mass is 258 g/mol. The summed E-state index contributed by atoms with van der Waals surface area (Å²) in [6.07, 6.45) is 0. The minimum atomic E-state index is 0.910. The number of rotatable bonds is 3. The van der Waals surface area contributed by atoms with Crippen molar-refractivity contribution in [3.8, 4) is 0 Å². The molecule has 0 saturated carbocycles. The highest BCUT2D eigenvalue weighted by Crippen LogP contribution is 2.24. The number of aromatic nitrogens is 3. The molecular weight excluding hydrogens is 240 g/mol. The molecule has 0 aromatic carbocycles. The Morgan fingerprint density at radius 3 is 2.56 bits per heavy atom. The third-order valence-electron chi connectivity index (χ3n) is 2.77. The number of nitrogens with zero attached hydrogens (tertiary/aromatic N) is 4. The van der Waals surface area contributed by atoms with Gasteiger partial charge in [0.25, 0.3) is 0 Å². The molecule has 0 bridgehead atoms. The summed E-state index contributed by atoms with van der Waals surface area (Å²) < 4.78 is 2.01. The first-order chi connectivity index (χ1) is 7.81. The van der Waals surface area contributed by atoms with E-state index in [1.165, 1.54) is 30.3 Å². The standard InChI is InChI=1S/C10H18N4S2/c1-3-14-10(9(2)11-12-14)8-13-4-6-15-16-7-5-13/h3-8H2,1-2H3. The van der Waals surface area contributed by atoms with E-state index >= 15 is 0 Å². The van der Waals surface area contributed by atoms with E-state index in [9.17, 15) is 0 Å². The molecule has 0 aliphatic carbocycles. The fourth-order valence-corrected chi connectivity index (χ4v) is 3.86. The lowest BCUT2D eigenvalue weighted by Crippen LogP contribution is -2.28. The summed E-state index contributed by atoms with van der Waals surface area (Å²) in [5, 5.41) is 8.30. The Balaban J connectivity index is 2.03. The molecule has 1 fully saturated rings. The van der Waals surface area contributed by atoms with Crippen molar-refractivity contribution in [1.82, 2.24) is 19.9 Å². The maximum atomic E-state index is 4.15. The molecule has 90 valence electrons. The van der Waals surface area contributed by atoms with Gasteiger partial charge in [0, 0.05) is 37.7 Å². The summed E-state index contributed by atoms with van der Waals surface area (Å²) >= 11 is 0. The molecule has 0 amide bonds. The molecule has 1 aromatic heterocycles. The van der Waals surface area contributed by atoms with Crippen molar-refractivity contribution in [2.75, 3.05) is 24.6 Å². The van der Waals surface area contributed by atoms with Gasteiger partial charge in [0.15, 0.2) is 0 Å². The highest BCUT2D eigenvalue weighted by atomic mass is 33.1. The molecule has 1 aliphatic rings. The highest BCUT2D eigenvalue weighted by Gasteiger charge is 2.15. The molecule has 0 N–H and O–H groups in total. The minimum absolute atomic E-state index is 0.910. The van der Waals surface area contributed by atoms with Crippen LogP contribution in [0.3, 0.4) is 0 Å². The van der Waals surface area contributed by atoms with Crippen LogP contribution in [0.2, 0.25) is 0 Å². The van der Waals surface area contributed by atoms with Crippen LogP contribution < -0.4 is 0 Å². The summed E-state index contributed by atoms with van der Waals surface area (Å²) in [4.78, 5) is 2.50. The third-order valence-corrected chi connectivity index (χ3v) is 5.13. The minimum Gasteiger partial charge on any atom is -0.296 e. The first-order valence-electron chi connectivity index (χ1n) is 5.67. The van der Waals surface area contributed by atoms with Gasteiger partial charge in [0.05, 0.1) is 11.4 Å². The lowest BCUT2D eigenvalue weighted by Gasteiger charge is -2.19. The van der Waals surface area contributed by atoms with Crippen molar-refractivity contribution in [3.63, 3.8) is 0 Å². The summed E-state index contributed by atoms with van der Waals surface area (Å²) in [6.45, 7) is 8.42. The lowest BCUT2D eigenvalue weighted by atomic mass is 10.3. The smallest absolute Gasteiger partial charge is 0.0841 e. The molecule has 2 rings (SSSR count). The molecule has 0 atom stereocenters. The van der Waals surface area contributed by atoms with Gasteiger partial charge in [-0.1, -0.05) is 26.8 Å².